The van der Waals surface area contributed by atoms with E-state index in [2.05, 4.69) is 5.32 Å². The maximum Gasteiger partial charge on any atom is 0.326 e. The summed E-state index contributed by atoms with van der Waals surface area (Å²) in [6, 6.07) is 4.09. The molecule has 0 saturated heterocycles. The Bertz CT molecular complexity index is 569. The molecule has 1 amide bonds. The van der Waals surface area contributed by atoms with Gasteiger partial charge in [-0.3, -0.25) is 4.79 Å². The Morgan fingerprint density at radius 2 is 2.10 bits per heavy atom. The minimum atomic E-state index is -1.19. The first kappa shape index (κ1) is 14.9. The number of carboxylic acids is 1. The largest absolute Gasteiger partial charge is 0.480 e. The van der Waals surface area contributed by atoms with Gasteiger partial charge < -0.3 is 25.0 Å². The Morgan fingerprint density at radius 3 is 2.81 bits per heavy atom. The lowest BCUT2D eigenvalue weighted by atomic mass is 10.2. The molecule has 112 valence electrons. The van der Waals surface area contributed by atoms with Crippen LogP contribution in [0.1, 0.15) is 12.0 Å². The topological polar surface area (TPSA) is 105 Å². The van der Waals surface area contributed by atoms with Gasteiger partial charge in [0.1, 0.15) is 6.04 Å². The number of fused-ring (bicyclic) bond motifs is 1. The van der Waals surface area contributed by atoms with Gasteiger partial charge in [-0.25, -0.2) is 4.79 Å². The van der Waals surface area contributed by atoms with Crippen molar-refractivity contribution in [1.82, 2.24) is 5.32 Å². The second kappa shape index (κ2) is 6.76. The highest BCUT2D eigenvalue weighted by atomic mass is 16.7. The van der Waals surface area contributed by atoms with Crippen molar-refractivity contribution in [2.45, 2.75) is 12.5 Å². The number of nitrogens with one attached hydrogen (secondary N) is 1. The zero-order valence-electron chi connectivity index (χ0n) is 11.1. The van der Waals surface area contributed by atoms with Gasteiger partial charge in [-0.15, -0.1) is 0 Å². The van der Waals surface area contributed by atoms with Crippen molar-refractivity contribution in [2.75, 3.05) is 13.4 Å². The molecule has 1 aromatic rings. The van der Waals surface area contributed by atoms with Crippen molar-refractivity contribution in [3.8, 4) is 11.5 Å². The molecule has 0 bridgehead atoms. The highest BCUT2D eigenvalue weighted by molar-refractivity contribution is 5.94. The number of aliphatic carboxylic acids is 1. The zero-order chi connectivity index (χ0) is 15.2. The lowest BCUT2D eigenvalue weighted by Crippen LogP contribution is -2.40. The fourth-order valence-corrected chi connectivity index (χ4v) is 1.80. The van der Waals surface area contributed by atoms with E-state index in [0.29, 0.717) is 11.5 Å². The Kier molecular flexibility index (Phi) is 4.78. The summed E-state index contributed by atoms with van der Waals surface area (Å²) in [6.07, 6.45) is 2.72. The predicted molar refractivity (Wildman–Crippen MR) is 72.9 cm³/mol. The highest BCUT2D eigenvalue weighted by Gasteiger charge is 2.18. The van der Waals surface area contributed by atoms with Gasteiger partial charge in [0, 0.05) is 19.1 Å². The average molecular weight is 293 g/mol. The van der Waals surface area contributed by atoms with Gasteiger partial charge in [-0.05, 0) is 23.8 Å². The van der Waals surface area contributed by atoms with Crippen LogP contribution in [0.2, 0.25) is 0 Å². The fraction of sp³-hybridized carbons (Fsp3) is 0.286. The molecular formula is C14H15NO6. The first-order chi connectivity index (χ1) is 10.1. The molecule has 0 aliphatic carbocycles. The van der Waals surface area contributed by atoms with Crippen LogP contribution < -0.4 is 14.8 Å². The van der Waals surface area contributed by atoms with Crippen LogP contribution in [0.15, 0.2) is 24.3 Å². The molecule has 1 aromatic carbocycles. The molecule has 3 N–H and O–H groups in total. The molecular weight excluding hydrogens is 278 g/mol. The lowest BCUT2D eigenvalue weighted by molar-refractivity contribution is -0.141. The van der Waals surface area contributed by atoms with Crippen LogP contribution in [0.3, 0.4) is 0 Å². The minimum absolute atomic E-state index is 0.0427. The third-order valence-corrected chi connectivity index (χ3v) is 2.86. The monoisotopic (exact) mass is 293 g/mol. The predicted octanol–water partition coefficient (Wildman–Crippen LogP) is 0.380. The normalized spacial score (nSPS) is 14.1. The van der Waals surface area contributed by atoms with E-state index in [1.165, 1.54) is 12.2 Å². The molecule has 2 rings (SSSR count). The van der Waals surface area contributed by atoms with Crippen molar-refractivity contribution < 1.29 is 29.3 Å². The Hall–Kier alpha value is -2.54. The molecule has 0 aromatic heterocycles. The van der Waals surface area contributed by atoms with Gasteiger partial charge in [0.25, 0.3) is 0 Å². The number of carbonyl (C=O) groups is 2. The number of carbonyl (C=O) groups excluding carboxylic acids is 1. The number of hydrogen-bond donors (Lipinski definition) is 3. The summed E-state index contributed by atoms with van der Waals surface area (Å²) < 4.78 is 10.4. The second-order valence-corrected chi connectivity index (χ2v) is 4.36. The third kappa shape index (κ3) is 3.96. The molecule has 7 heteroatoms. The van der Waals surface area contributed by atoms with Crippen LogP contribution in [0.25, 0.3) is 6.08 Å². The van der Waals surface area contributed by atoms with Crippen LogP contribution in [0, 0.1) is 0 Å². The third-order valence-electron chi connectivity index (χ3n) is 2.86. The average Bonchev–Trinajstić information content (AvgIpc) is 2.92. The lowest BCUT2D eigenvalue weighted by Gasteiger charge is -2.11. The van der Waals surface area contributed by atoms with Gasteiger partial charge in [0.05, 0.1) is 0 Å². The first-order valence-electron chi connectivity index (χ1n) is 6.32. The van der Waals surface area contributed by atoms with Crippen LogP contribution in [-0.4, -0.2) is 41.5 Å². The molecule has 0 radical (unpaired) electrons. The van der Waals surface area contributed by atoms with E-state index in [0.717, 1.165) is 5.56 Å². The maximum absolute atomic E-state index is 11.6. The van der Waals surface area contributed by atoms with Crippen LogP contribution in [0.4, 0.5) is 0 Å². The van der Waals surface area contributed by atoms with Crippen molar-refractivity contribution in [2.24, 2.45) is 0 Å². The molecule has 0 fully saturated rings. The quantitative estimate of drug-likeness (QED) is 0.655. The summed E-state index contributed by atoms with van der Waals surface area (Å²) in [5.41, 5.74) is 0.725. The van der Waals surface area contributed by atoms with Crippen LogP contribution in [0.5, 0.6) is 11.5 Å². The summed E-state index contributed by atoms with van der Waals surface area (Å²) in [5, 5.41) is 19.9. The Morgan fingerprint density at radius 1 is 1.33 bits per heavy atom. The van der Waals surface area contributed by atoms with E-state index in [-0.39, 0.29) is 19.8 Å². The SMILES string of the molecule is O=C(/C=C/c1ccc2c(c1)OCO2)N[C@H](CCO)C(=O)O. The van der Waals surface area contributed by atoms with Crippen molar-refractivity contribution in [1.29, 1.82) is 0 Å². The fourth-order valence-electron chi connectivity index (χ4n) is 1.80. The number of carboxylic acid groups (broad SMARTS) is 1. The minimum Gasteiger partial charge on any atom is -0.480 e. The number of ether oxygens (including phenoxy) is 2. The van der Waals surface area contributed by atoms with E-state index in [9.17, 15) is 9.59 Å². The smallest absolute Gasteiger partial charge is 0.326 e. The van der Waals surface area contributed by atoms with Gasteiger partial charge in [0.15, 0.2) is 11.5 Å². The van der Waals surface area contributed by atoms with E-state index in [4.69, 9.17) is 19.7 Å². The number of amides is 1. The summed E-state index contributed by atoms with van der Waals surface area (Å²) in [7, 11) is 0. The molecule has 0 saturated carbocycles. The molecule has 21 heavy (non-hydrogen) atoms. The number of rotatable bonds is 6. The van der Waals surface area contributed by atoms with Gasteiger partial charge >= 0.3 is 5.97 Å². The molecule has 1 aliphatic heterocycles. The Labute approximate surface area is 120 Å². The molecule has 7 nitrogen and oxygen atoms in total. The molecule has 0 spiro atoms. The molecule has 1 heterocycles. The summed E-state index contributed by atoms with van der Waals surface area (Å²) in [5.74, 6) is -0.492. The standard InChI is InChI=1S/C14H15NO6/c16-6-5-10(14(18)19)15-13(17)4-2-9-1-3-11-12(7-9)21-8-20-11/h1-4,7,10,16H,5-6,8H2,(H,15,17)(H,18,19)/b4-2+/t10-/m1/s1. The summed E-state index contributed by atoms with van der Waals surface area (Å²) in [6.45, 7) is -0.145. The van der Waals surface area contributed by atoms with Crippen LogP contribution >= 0.6 is 0 Å². The van der Waals surface area contributed by atoms with Gasteiger partial charge in [-0.1, -0.05) is 6.07 Å². The number of hydrogen-bond acceptors (Lipinski definition) is 5. The highest BCUT2D eigenvalue weighted by Crippen LogP contribution is 2.32. The second-order valence-electron chi connectivity index (χ2n) is 4.36. The van der Waals surface area contributed by atoms with E-state index in [1.807, 2.05) is 0 Å². The summed E-state index contributed by atoms with van der Waals surface area (Å²) in [4.78, 5) is 22.5. The molecule has 1 atom stereocenters. The molecule has 0 unspecified atom stereocenters. The summed E-state index contributed by atoms with van der Waals surface area (Å²) >= 11 is 0. The van der Waals surface area contributed by atoms with Gasteiger partial charge in [0.2, 0.25) is 12.7 Å². The van der Waals surface area contributed by atoms with Crippen molar-refractivity contribution in [3.05, 3.63) is 29.8 Å². The van der Waals surface area contributed by atoms with Crippen molar-refractivity contribution in [3.63, 3.8) is 0 Å². The Balaban J connectivity index is 1.97. The maximum atomic E-state index is 11.6. The molecule has 1 aliphatic rings. The van der Waals surface area contributed by atoms with E-state index >= 15 is 0 Å². The van der Waals surface area contributed by atoms with E-state index < -0.39 is 17.9 Å². The number of aliphatic hydroxyl groups is 1. The van der Waals surface area contributed by atoms with Crippen LogP contribution in [-0.2, 0) is 9.59 Å². The van der Waals surface area contributed by atoms with Crippen molar-refractivity contribution >= 4 is 18.0 Å². The number of aliphatic hydroxyl groups excluding tert-OH is 1. The zero-order valence-corrected chi connectivity index (χ0v) is 11.1. The van der Waals surface area contributed by atoms with Gasteiger partial charge in [-0.2, -0.15) is 0 Å². The first-order valence-corrected chi connectivity index (χ1v) is 6.32. The number of benzene rings is 1. The van der Waals surface area contributed by atoms with E-state index in [1.54, 1.807) is 18.2 Å².